The van der Waals surface area contributed by atoms with E-state index in [1.807, 2.05) is 24.3 Å². The highest BCUT2D eigenvalue weighted by atomic mass is 19.4. The monoisotopic (exact) mass is 379 g/mol. The first kappa shape index (κ1) is 19.7. The lowest BCUT2D eigenvalue weighted by molar-refractivity contribution is -0.137. The van der Waals surface area contributed by atoms with E-state index >= 15 is 0 Å². The van der Waals surface area contributed by atoms with E-state index < -0.39 is 17.3 Å². The van der Waals surface area contributed by atoms with Gasteiger partial charge < -0.3 is 15.6 Å². The molecule has 0 bridgehead atoms. The Hall–Kier alpha value is -2.05. The molecule has 3 nitrogen and oxygen atoms in total. The quantitative estimate of drug-likeness (QED) is 0.788. The molecule has 0 unspecified atom stereocenters. The first-order valence-electron chi connectivity index (χ1n) is 9.08. The Morgan fingerprint density at radius 1 is 1.07 bits per heavy atom. The van der Waals surface area contributed by atoms with Gasteiger partial charge >= 0.3 is 6.18 Å². The summed E-state index contributed by atoms with van der Waals surface area (Å²) in [7, 11) is 0. The van der Waals surface area contributed by atoms with E-state index in [2.05, 4.69) is 0 Å². The number of hydrogen-bond donors (Lipinski definition) is 2. The molecule has 6 heteroatoms. The van der Waals surface area contributed by atoms with E-state index in [1.54, 1.807) is 0 Å². The van der Waals surface area contributed by atoms with Crippen LogP contribution < -0.4 is 10.5 Å². The van der Waals surface area contributed by atoms with Crippen LogP contribution in [0.2, 0.25) is 0 Å². The number of nitrogens with two attached hydrogens (primary N) is 1. The van der Waals surface area contributed by atoms with Crippen LogP contribution in [0, 0.1) is 0 Å². The summed E-state index contributed by atoms with van der Waals surface area (Å²) in [5.74, 6) is 1.08. The van der Waals surface area contributed by atoms with Crippen molar-refractivity contribution >= 4 is 0 Å². The molecule has 0 radical (unpaired) electrons. The molecule has 1 aliphatic carbocycles. The van der Waals surface area contributed by atoms with Crippen LogP contribution in [0.1, 0.15) is 41.9 Å². The van der Waals surface area contributed by atoms with Crippen LogP contribution in [0.4, 0.5) is 13.2 Å². The van der Waals surface area contributed by atoms with Gasteiger partial charge in [-0.2, -0.15) is 13.2 Å². The van der Waals surface area contributed by atoms with E-state index in [-0.39, 0.29) is 6.61 Å². The van der Waals surface area contributed by atoms with Gasteiger partial charge in [0.15, 0.2) is 0 Å². The van der Waals surface area contributed by atoms with Crippen LogP contribution >= 0.6 is 0 Å². The molecule has 1 aliphatic rings. The number of halogens is 3. The fourth-order valence-corrected chi connectivity index (χ4v) is 3.57. The van der Waals surface area contributed by atoms with Gasteiger partial charge in [0.25, 0.3) is 0 Å². The van der Waals surface area contributed by atoms with E-state index in [0.717, 1.165) is 42.7 Å². The molecule has 3 rings (SSSR count). The summed E-state index contributed by atoms with van der Waals surface area (Å²) in [6, 6.07) is 13.0. The molecule has 0 saturated heterocycles. The van der Waals surface area contributed by atoms with Gasteiger partial charge in [-0.1, -0.05) is 24.3 Å². The average molecular weight is 379 g/mol. The number of benzene rings is 2. The lowest BCUT2D eigenvalue weighted by atomic mass is 9.94. The summed E-state index contributed by atoms with van der Waals surface area (Å²) in [4.78, 5) is 0. The highest BCUT2D eigenvalue weighted by molar-refractivity contribution is 5.31. The molecule has 0 spiro atoms. The zero-order valence-electron chi connectivity index (χ0n) is 15.0. The number of ether oxygens (including phenoxy) is 1. The number of rotatable bonds is 6. The molecule has 1 fully saturated rings. The zero-order valence-corrected chi connectivity index (χ0v) is 15.0. The predicted octanol–water partition coefficient (Wildman–Crippen LogP) is 4.28. The normalized spacial score (nSPS) is 22.8. The largest absolute Gasteiger partial charge is 0.493 e. The fraction of sp³-hybridized carbons (Fsp3) is 0.429. The van der Waals surface area contributed by atoms with Crippen molar-refractivity contribution in [3.8, 4) is 5.75 Å². The molecule has 2 aromatic carbocycles. The maximum atomic E-state index is 12.6. The Bertz CT molecular complexity index is 744. The van der Waals surface area contributed by atoms with E-state index in [1.165, 1.54) is 17.7 Å². The molecule has 146 valence electrons. The molecule has 3 N–H and O–H groups in total. The lowest BCUT2D eigenvalue weighted by Gasteiger charge is -2.21. The molecule has 2 aromatic rings. The Labute approximate surface area is 157 Å². The minimum atomic E-state index is -4.31. The number of aliphatic hydroxyl groups excluding tert-OH is 1. The minimum Gasteiger partial charge on any atom is -0.493 e. The van der Waals surface area contributed by atoms with Crippen molar-refractivity contribution < 1.29 is 23.0 Å². The van der Waals surface area contributed by atoms with Gasteiger partial charge in [-0.3, -0.25) is 0 Å². The van der Waals surface area contributed by atoms with Crippen molar-refractivity contribution in [2.45, 2.75) is 43.3 Å². The molecule has 1 saturated carbocycles. The van der Waals surface area contributed by atoms with Crippen LogP contribution in [0.25, 0.3) is 0 Å². The summed E-state index contributed by atoms with van der Waals surface area (Å²) < 4.78 is 43.4. The molecular weight excluding hydrogens is 355 g/mol. The third-order valence-electron chi connectivity index (χ3n) is 5.25. The van der Waals surface area contributed by atoms with Gasteiger partial charge in [0.1, 0.15) is 5.75 Å². The van der Waals surface area contributed by atoms with Crippen molar-refractivity contribution in [2.24, 2.45) is 5.73 Å². The average Bonchev–Trinajstić information content (AvgIpc) is 3.05. The Morgan fingerprint density at radius 3 is 2.30 bits per heavy atom. The fourth-order valence-electron chi connectivity index (χ4n) is 3.57. The van der Waals surface area contributed by atoms with Crippen LogP contribution in [0.5, 0.6) is 5.75 Å². The molecule has 2 atom stereocenters. The summed E-state index contributed by atoms with van der Waals surface area (Å²) in [6.45, 7) is 0.402. The summed E-state index contributed by atoms with van der Waals surface area (Å²) in [5.41, 5.74) is 7.01. The second-order valence-corrected chi connectivity index (χ2v) is 7.32. The summed E-state index contributed by atoms with van der Waals surface area (Å²) in [6.07, 6.45) is -1.21. The van der Waals surface area contributed by atoms with Gasteiger partial charge in [0.05, 0.1) is 18.8 Å². The Kier molecular flexibility index (Phi) is 5.77. The Morgan fingerprint density at radius 2 is 1.74 bits per heavy atom. The van der Waals surface area contributed by atoms with Crippen LogP contribution in [-0.2, 0) is 12.6 Å². The van der Waals surface area contributed by atoms with Gasteiger partial charge in [0, 0.05) is 12.0 Å². The van der Waals surface area contributed by atoms with Gasteiger partial charge in [0.2, 0.25) is 0 Å². The third-order valence-corrected chi connectivity index (χ3v) is 5.25. The first-order valence-corrected chi connectivity index (χ1v) is 9.08. The van der Waals surface area contributed by atoms with Gasteiger partial charge in [-0.25, -0.2) is 0 Å². The maximum Gasteiger partial charge on any atom is 0.416 e. The van der Waals surface area contributed by atoms with Crippen molar-refractivity contribution in [1.29, 1.82) is 0 Å². The number of hydrogen-bond acceptors (Lipinski definition) is 3. The first-order chi connectivity index (χ1) is 12.8. The smallest absolute Gasteiger partial charge is 0.416 e. The zero-order chi connectivity index (χ0) is 19.5. The van der Waals surface area contributed by atoms with Crippen LogP contribution in [-0.4, -0.2) is 23.9 Å². The van der Waals surface area contributed by atoms with Crippen LogP contribution in [0.15, 0.2) is 48.5 Å². The minimum absolute atomic E-state index is 0.00858. The Balaban J connectivity index is 1.49. The van der Waals surface area contributed by atoms with Crippen molar-refractivity contribution in [3.05, 3.63) is 65.2 Å². The third kappa shape index (κ3) is 5.02. The molecule has 0 heterocycles. The summed E-state index contributed by atoms with van der Waals surface area (Å²) in [5, 5.41) is 9.38. The topological polar surface area (TPSA) is 55.5 Å². The van der Waals surface area contributed by atoms with Crippen molar-refractivity contribution in [2.75, 3.05) is 13.2 Å². The van der Waals surface area contributed by atoms with E-state index in [0.29, 0.717) is 18.9 Å². The van der Waals surface area contributed by atoms with Crippen molar-refractivity contribution in [3.63, 3.8) is 0 Å². The highest BCUT2D eigenvalue weighted by Gasteiger charge is 2.35. The van der Waals surface area contributed by atoms with Gasteiger partial charge in [-0.05, 0) is 60.6 Å². The molecule has 0 aliphatic heterocycles. The maximum absolute atomic E-state index is 12.6. The number of alkyl halides is 3. The molecule has 0 amide bonds. The number of aliphatic hydroxyl groups is 1. The highest BCUT2D eigenvalue weighted by Crippen LogP contribution is 2.39. The van der Waals surface area contributed by atoms with Gasteiger partial charge in [-0.15, -0.1) is 0 Å². The van der Waals surface area contributed by atoms with Crippen LogP contribution in [0.3, 0.4) is 0 Å². The molecular formula is C21H24F3NO2. The molecule has 0 aromatic heterocycles. The second-order valence-electron chi connectivity index (χ2n) is 7.32. The second kappa shape index (κ2) is 7.90. The lowest BCUT2D eigenvalue weighted by Crippen LogP contribution is -2.40. The van der Waals surface area contributed by atoms with E-state index in [4.69, 9.17) is 10.5 Å². The SMILES string of the molecule is N[C@@]1(CO)CC[C@@H](c2ccc(OCCc3ccc(C(F)(F)F)cc3)cc2)C1. The predicted molar refractivity (Wildman–Crippen MR) is 97.7 cm³/mol. The van der Waals surface area contributed by atoms with E-state index in [9.17, 15) is 18.3 Å². The van der Waals surface area contributed by atoms with Crippen molar-refractivity contribution in [1.82, 2.24) is 0 Å². The summed E-state index contributed by atoms with van der Waals surface area (Å²) >= 11 is 0. The molecule has 27 heavy (non-hydrogen) atoms. The standard InChI is InChI=1S/C21H24F3NO2/c22-21(23,24)18-5-1-15(2-6-18)10-12-27-19-7-3-16(4-8-19)17-9-11-20(25,13-17)14-26/h1-8,17,26H,9-14,25H2/t17-,20+/m1/s1.